The van der Waals surface area contributed by atoms with Crippen LogP contribution in [0.2, 0.25) is 0 Å². The number of imidazole rings is 1. The molecule has 9 heteroatoms. The van der Waals surface area contributed by atoms with Crippen LogP contribution in [0.1, 0.15) is 29.1 Å². The van der Waals surface area contributed by atoms with Gasteiger partial charge in [-0.05, 0) is 25.1 Å². The zero-order valence-electron chi connectivity index (χ0n) is 10.7. The minimum atomic E-state index is -4.80. The lowest BCUT2D eigenvalue weighted by molar-refractivity contribution is -0.148. The number of benzene rings is 1. The maximum absolute atomic E-state index is 13.0. The molecule has 0 fully saturated rings. The highest BCUT2D eigenvalue weighted by Gasteiger charge is 2.39. The molecule has 1 unspecified atom stereocenters. The van der Waals surface area contributed by atoms with Crippen LogP contribution >= 0.6 is 0 Å². The number of carboxylic acids is 1. The van der Waals surface area contributed by atoms with E-state index in [1.807, 2.05) is 0 Å². The number of primary amides is 1. The van der Waals surface area contributed by atoms with Gasteiger partial charge in [0, 0.05) is 0 Å². The summed E-state index contributed by atoms with van der Waals surface area (Å²) in [5.41, 5.74) is 4.66. The van der Waals surface area contributed by atoms with E-state index in [-0.39, 0.29) is 16.6 Å². The normalized spacial score (nSPS) is 13.3. The fourth-order valence-electron chi connectivity index (χ4n) is 1.95. The second-order valence-electron chi connectivity index (χ2n) is 4.39. The van der Waals surface area contributed by atoms with Crippen molar-refractivity contribution in [3.63, 3.8) is 0 Å². The molecule has 1 amide bonds. The molecule has 1 atom stereocenters. The Bertz CT molecular complexity index is 736. The number of fused-ring (bicyclic) bond motifs is 1. The molecule has 0 bridgehead atoms. The summed E-state index contributed by atoms with van der Waals surface area (Å²) >= 11 is 0. The Kier molecular flexibility index (Phi) is 3.36. The third kappa shape index (κ3) is 2.54. The molecule has 2 rings (SSSR count). The lowest BCUT2D eigenvalue weighted by Crippen LogP contribution is -2.27. The second kappa shape index (κ2) is 4.76. The Labute approximate surface area is 116 Å². The first-order chi connectivity index (χ1) is 9.62. The van der Waals surface area contributed by atoms with E-state index in [9.17, 15) is 22.8 Å². The molecule has 0 spiro atoms. The summed E-state index contributed by atoms with van der Waals surface area (Å²) in [5, 5.41) is 8.91. The molecule has 1 aromatic carbocycles. The first kappa shape index (κ1) is 14.8. The summed E-state index contributed by atoms with van der Waals surface area (Å²) < 4.78 is 39.7. The van der Waals surface area contributed by atoms with E-state index in [4.69, 9.17) is 10.8 Å². The summed E-state index contributed by atoms with van der Waals surface area (Å²) in [7, 11) is 0. The van der Waals surface area contributed by atoms with Gasteiger partial charge in [0.15, 0.2) is 0 Å². The van der Waals surface area contributed by atoms with Crippen molar-refractivity contribution in [3.8, 4) is 0 Å². The molecule has 2 aromatic rings. The van der Waals surface area contributed by atoms with Crippen molar-refractivity contribution < 1.29 is 27.9 Å². The van der Waals surface area contributed by atoms with Crippen LogP contribution < -0.4 is 5.73 Å². The molecule has 3 N–H and O–H groups in total. The maximum Gasteiger partial charge on any atom is 0.449 e. The van der Waals surface area contributed by atoms with E-state index in [0.29, 0.717) is 4.57 Å². The SMILES string of the molecule is CC(C(N)=O)n1c(C(F)(F)F)nc2ccc(C(=O)O)cc21. The number of carbonyl (C=O) groups excluding carboxylic acids is 1. The van der Waals surface area contributed by atoms with Crippen molar-refractivity contribution >= 4 is 22.9 Å². The molecule has 0 saturated carbocycles. The number of nitrogens with zero attached hydrogens (tertiary/aromatic N) is 2. The molecule has 1 aromatic heterocycles. The van der Waals surface area contributed by atoms with Gasteiger partial charge in [-0.3, -0.25) is 4.79 Å². The van der Waals surface area contributed by atoms with Gasteiger partial charge in [0.2, 0.25) is 11.7 Å². The third-order valence-electron chi connectivity index (χ3n) is 2.99. The lowest BCUT2D eigenvalue weighted by atomic mass is 10.2. The number of halogens is 3. The zero-order chi connectivity index (χ0) is 15.9. The highest BCUT2D eigenvalue weighted by molar-refractivity contribution is 5.93. The van der Waals surface area contributed by atoms with E-state index in [1.54, 1.807) is 0 Å². The van der Waals surface area contributed by atoms with Crippen LogP contribution in [-0.2, 0) is 11.0 Å². The minimum Gasteiger partial charge on any atom is -0.478 e. The van der Waals surface area contributed by atoms with Crippen LogP contribution in [0.4, 0.5) is 13.2 Å². The molecular formula is C12H10F3N3O3. The minimum absolute atomic E-state index is 0.0691. The van der Waals surface area contributed by atoms with Crippen LogP contribution in [0.3, 0.4) is 0 Å². The van der Waals surface area contributed by atoms with Gasteiger partial charge in [-0.15, -0.1) is 0 Å². The van der Waals surface area contributed by atoms with Gasteiger partial charge >= 0.3 is 12.1 Å². The number of nitrogens with two attached hydrogens (primary N) is 1. The first-order valence-electron chi connectivity index (χ1n) is 5.74. The van der Waals surface area contributed by atoms with Gasteiger partial charge in [-0.2, -0.15) is 13.2 Å². The molecule has 0 aliphatic heterocycles. The highest BCUT2D eigenvalue weighted by atomic mass is 19.4. The molecule has 6 nitrogen and oxygen atoms in total. The average molecular weight is 301 g/mol. The number of hydrogen-bond donors (Lipinski definition) is 2. The molecule has 0 aliphatic carbocycles. The molecule has 0 saturated heterocycles. The van der Waals surface area contributed by atoms with Gasteiger partial charge in [0.1, 0.15) is 6.04 Å². The number of carboxylic acid groups (broad SMARTS) is 1. The fraction of sp³-hybridized carbons (Fsp3) is 0.250. The topological polar surface area (TPSA) is 98.2 Å². The smallest absolute Gasteiger partial charge is 0.449 e. The third-order valence-corrected chi connectivity index (χ3v) is 2.99. The summed E-state index contributed by atoms with van der Waals surface area (Å²) in [5.74, 6) is -3.59. The average Bonchev–Trinajstić information content (AvgIpc) is 2.75. The molecule has 21 heavy (non-hydrogen) atoms. The van der Waals surface area contributed by atoms with E-state index in [0.717, 1.165) is 18.2 Å². The first-order valence-corrected chi connectivity index (χ1v) is 5.74. The van der Waals surface area contributed by atoms with Gasteiger partial charge < -0.3 is 15.4 Å². The van der Waals surface area contributed by atoms with E-state index >= 15 is 0 Å². The quantitative estimate of drug-likeness (QED) is 0.903. The Balaban J connectivity index is 2.82. The molecule has 0 radical (unpaired) electrons. The summed E-state index contributed by atoms with van der Waals surface area (Å²) in [6.45, 7) is 1.19. The van der Waals surface area contributed by atoms with Gasteiger partial charge in [0.05, 0.1) is 16.6 Å². The number of carbonyl (C=O) groups is 2. The predicted octanol–water partition coefficient (Wildman–Crippen LogP) is 1.80. The number of hydrogen-bond acceptors (Lipinski definition) is 3. The van der Waals surface area contributed by atoms with E-state index < -0.39 is 29.9 Å². The summed E-state index contributed by atoms with van der Waals surface area (Å²) in [6, 6.07) is 1.99. The zero-order valence-corrected chi connectivity index (χ0v) is 10.7. The van der Waals surface area contributed by atoms with Crippen LogP contribution in [0, 0.1) is 0 Å². The monoisotopic (exact) mass is 301 g/mol. The van der Waals surface area contributed by atoms with Gasteiger partial charge in [0.25, 0.3) is 0 Å². The number of aromatic nitrogens is 2. The standard InChI is InChI=1S/C12H10F3N3O3/c1-5(9(16)19)18-8-4-6(10(20)21)2-3-7(8)17-11(18)12(13,14)15/h2-5H,1H3,(H2,16,19)(H,20,21). The summed E-state index contributed by atoms with van der Waals surface area (Å²) in [6.07, 6.45) is -4.80. The molecule has 1 heterocycles. The summed E-state index contributed by atoms with van der Waals surface area (Å²) in [4.78, 5) is 25.6. The van der Waals surface area contributed by atoms with Crippen LogP contribution in [0.5, 0.6) is 0 Å². The maximum atomic E-state index is 13.0. The van der Waals surface area contributed by atoms with Gasteiger partial charge in [-0.1, -0.05) is 0 Å². The fourth-order valence-corrected chi connectivity index (χ4v) is 1.95. The van der Waals surface area contributed by atoms with Crippen molar-refractivity contribution in [3.05, 3.63) is 29.6 Å². The molecule has 112 valence electrons. The van der Waals surface area contributed by atoms with Crippen molar-refractivity contribution in [2.24, 2.45) is 5.73 Å². The van der Waals surface area contributed by atoms with Crippen LogP contribution in [-0.4, -0.2) is 26.5 Å². The second-order valence-corrected chi connectivity index (χ2v) is 4.39. The Morgan fingerprint density at radius 3 is 2.48 bits per heavy atom. The van der Waals surface area contributed by atoms with Crippen molar-refractivity contribution in [2.45, 2.75) is 19.1 Å². The van der Waals surface area contributed by atoms with E-state index in [1.165, 1.54) is 6.92 Å². The number of aromatic carboxylic acids is 1. The lowest BCUT2D eigenvalue weighted by Gasteiger charge is -2.15. The molecule has 0 aliphatic rings. The number of rotatable bonds is 3. The van der Waals surface area contributed by atoms with Crippen molar-refractivity contribution in [2.75, 3.05) is 0 Å². The predicted molar refractivity (Wildman–Crippen MR) is 65.6 cm³/mol. The Morgan fingerprint density at radius 2 is 2.00 bits per heavy atom. The Hall–Kier alpha value is -2.58. The van der Waals surface area contributed by atoms with E-state index in [2.05, 4.69) is 4.98 Å². The van der Waals surface area contributed by atoms with Crippen molar-refractivity contribution in [1.82, 2.24) is 9.55 Å². The number of alkyl halides is 3. The van der Waals surface area contributed by atoms with Crippen LogP contribution in [0.25, 0.3) is 11.0 Å². The Morgan fingerprint density at radius 1 is 1.38 bits per heavy atom. The number of amides is 1. The van der Waals surface area contributed by atoms with Crippen molar-refractivity contribution in [1.29, 1.82) is 0 Å². The van der Waals surface area contributed by atoms with Gasteiger partial charge in [-0.25, -0.2) is 9.78 Å². The highest BCUT2D eigenvalue weighted by Crippen LogP contribution is 2.34. The van der Waals surface area contributed by atoms with Crippen LogP contribution in [0.15, 0.2) is 18.2 Å². The largest absolute Gasteiger partial charge is 0.478 e. The molecular weight excluding hydrogens is 291 g/mol.